The van der Waals surface area contributed by atoms with Gasteiger partial charge in [0.05, 0.1) is 5.56 Å². The number of aryl methyl sites for hydroxylation is 1. The van der Waals surface area contributed by atoms with Gasteiger partial charge >= 0.3 is 0 Å². The van der Waals surface area contributed by atoms with E-state index in [0.29, 0.717) is 11.3 Å². The molecule has 0 bridgehead atoms. The maximum atomic E-state index is 12.3. The molecule has 0 unspecified atom stereocenters. The molecule has 18 heavy (non-hydrogen) atoms. The number of likely N-dealkylation sites (tertiary alicyclic amines) is 1. The lowest BCUT2D eigenvalue weighted by Gasteiger charge is -2.27. The summed E-state index contributed by atoms with van der Waals surface area (Å²) in [4.78, 5) is 14.3. The number of nitrogen functional groups attached to an aromatic ring is 1. The Morgan fingerprint density at radius 1 is 1.28 bits per heavy atom. The monoisotopic (exact) mass is 246 g/mol. The fourth-order valence-electron chi connectivity index (χ4n) is 2.52. The zero-order valence-electron chi connectivity index (χ0n) is 11.1. The second-order valence-electron chi connectivity index (χ2n) is 5.02. The van der Waals surface area contributed by atoms with Crippen molar-refractivity contribution < 1.29 is 4.79 Å². The molecule has 2 N–H and O–H groups in total. The molecule has 98 valence electrons. The van der Waals surface area contributed by atoms with Crippen LogP contribution in [0.25, 0.3) is 0 Å². The molecule has 1 amide bonds. The van der Waals surface area contributed by atoms with Crippen molar-refractivity contribution in [3.05, 3.63) is 29.3 Å². The number of hydrogen-bond donors (Lipinski definition) is 1. The molecule has 1 aliphatic rings. The molecule has 3 heteroatoms. The van der Waals surface area contributed by atoms with Crippen molar-refractivity contribution >= 4 is 11.6 Å². The first kappa shape index (κ1) is 12.9. The molecule has 1 heterocycles. The predicted octanol–water partition coefficient (Wildman–Crippen LogP) is 2.85. The zero-order valence-corrected chi connectivity index (χ0v) is 11.1. The molecule has 0 radical (unpaired) electrons. The van der Waals surface area contributed by atoms with Crippen LogP contribution in [0.2, 0.25) is 0 Å². The molecular formula is C15H22N2O. The fraction of sp³-hybridized carbons (Fsp3) is 0.533. The first-order valence-electron chi connectivity index (χ1n) is 6.90. The topological polar surface area (TPSA) is 46.3 Å². The van der Waals surface area contributed by atoms with E-state index >= 15 is 0 Å². The Balaban J connectivity index is 2.14. The Hall–Kier alpha value is -1.51. The molecule has 0 atom stereocenters. The van der Waals surface area contributed by atoms with E-state index in [1.807, 2.05) is 23.1 Å². The summed E-state index contributed by atoms with van der Waals surface area (Å²) in [5.74, 6) is 0.0928. The third-order valence-electron chi connectivity index (χ3n) is 3.53. The van der Waals surface area contributed by atoms with Gasteiger partial charge in [-0.1, -0.05) is 19.4 Å². The second kappa shape index (κ2) is 5.89. The van der Waals surface area contributed by atoms with Crippen LogP contribution in [0.4, 0.5) is 5.69 Å². The Bertz CT molecular complexity index is 423. The van der Waals surface area contributed by atoms with E-state index in [1.165, 1.54) is 12.0 Å². The van der Waals surface area contributed by atoms with Crippen LogP contribution in [0, 0.1) is 0 Å². The van der Waals surface area contributed by atoms with Gasteiger partial charge in [-0.3, -0.25) is 4.79 Å². The summed E-state index contributed by atoms with van der Waals surface area (Å²) < 4.78 is 0. The fourth-order valence-corrected chi connectivity index (χ4v) is 2.52. The van der Waals surface area contributed by atoms with Crippen LogP contribution in [0.3, 0.4) is 0 Å². The molecule has 0 saturated carbocycles. The van der Waals surface area contributed by atoms with Crippen molar-refractivity contribution in [2.24, 2.45) is 0 Å². The normalized spacial score (nSPS) is 15.7. The molecule has 3 nitrogen and oxygen atoms in total. The van der Waals surface area contributed by atoms with Crippen LogP contribution < -0.4 is 5.73 Å². The molecule has 1 aromatic carbocycles. The molecule has 1 aromatic rings. The SMILES string of the molecule is CCCc1ccc(C(=O)N2CCCCC2)c(N)c1. The summed E-state index contributed by atoms with van der Waals surface area (Å²) in [6.45, 7) is 3.88. The standard InChI is InChI=1S/C15H22N2O/c1-2-6-12-7-8-13(14(16)11-12)15(18)17-9-4-3-5-10-17/h7-8,11H,2-6,9-10,16H2,1H3. The van der Waals surface area contributed by atoms with Gasteiger partial charge in [-0.25, -0.2) is 0 Å². The number of rotatable bonds is 3. The largest absolute Gasteiger partial charge is 0.398 e. The minimum Gasteiger partial charge on any atom is -0.398 e. The average Bonchev–Trinajstić information content (AvgIpc) is 2.40. The van der Waals surface area contributed by atoms with Gasteiger partial charge in [-0.05, 0) is 43.4 Å². The van der Waals surface area contributed by atoms with Gasteiger partial charge in [0.15, 0.2) is 0 Å². The summed E-state index contributed by atoms with van der Waals surface area (Å²) in [5.41, 5.74) is 8.51. The molecular weight excluding hydrogens is 224 g/mol. The highest BCUT2D eigenvalue weighted by molar-refractivity contribution is 5.99. The highest BCUT2D eigenvalue weighted by atomic mass is 16.2. The van der Waals surface area contributed by atoms with Gasteiger partial charge in [-0.15, -0.1) is 0 Å². The van der Waals surface area contributed by atoms with Crippen molar-refractivity contribution in [1.29, 1.82) is 0 Å². The quantitative estimate of drug-likeness (QED) is 0.834. The van der Waals surface area contributed by atoms with E-state index in [4.69, 9.17) is 5.73 Å². The van der Waals surface area contributed by atoms with Crippen molar-refractivity contribution in [3.63, 3.8) is 0 Å². The van der Waals surface area contributed by atoms with Crippen LogP contribution >= 0.6 is 0 Å². The first-order valence-corrected chi connectivity index (χ1v) is 6.90. The number of benzene rings is 1. The molecule has 0 aliphatic carbocycles. The van der Waals surface area contributed by atoms with E-state index < -0.39 is 0 Å². The minimum atomic E-state index is 0.0928. The van der Waals surface area contributed by atoms with Gasteiger partial charge in [0.2, 0.25) is 0 Å². The van der Waals surface area contributed by atoms with Crippen molar-refractivity contribution in [3.8, 4) is 0 Å². The minimum absolute atomic E-state index is 0.0928. The number of nitrogens with zero attached hydrogens (tertiary/aromatic N) is 1. The Kier molecular flexibility index (Phi) is 4.24. The summed E-state index contributed by atoms with van der Waals surface area (Å²) in [6.07, 6.45) is 5.56. The Morgan fingerprint density at radius 3 is 2.61 bits per heavy atom. The highest BCUT2D eigenvalue weighted by Gasteiger charge is 2.19. The number of hydrogen-bond acceptors (Lipinski definition) is 2. The lowest BCUT2D eigenvalue weighted by atomic mass is 10.0. The summed E-state index contributed by atoms with van der Waals surface area (Å²) >= 11 is 0. The van der Waals surface area contributed by atoms with Crippen LogP contribution in [0.5, 0.6) is 0 Å². The summed E-state index contributed by atoms with van der Waals surface area (Å²) in [5, 5.41) is 0. The van der Waals surface area contributed by atoms with E-state index in [0.717, 1.165) is 38.8 Å². The van der Waals surface area contributed by atoms with E-state index in [-0.39, 0.29) is 5.91 Å². The molecule has 1 saturated heterocycles. The molecule has 0 spiro atoms. The van der Waals surface area contributed by atoms with Crippen molar-refractivity contribution in [1.82, 2.24) is 4.90 Å². The van der Waals surface area contributed by atoms with Crippen LogP contribution in [-0.2, 0) is 6.42 Å². The maximum absolute atomic E-state index is 12.3. The van der Waals surface area contributed by atoms with Gasteiger partial charge in [0.25, 0.3) is 5.91 Å². The first-order chi connectivity index (χ1) is 8.72. The lowest BCUT2D eigenvalue weighted by Crippen LogP contribution is -2.36. The van der Waals surface area contributed by atoms with Crippen molar-refractivity contribution in [2.45, 2.75) is 39.0 Å². The smallest absolute Gasteiger partial charge is 0.255 e. The Labute approximate surface area is 109 Å². The van der Waals surface area contributed by atoms with Crippen molar-refractivity contribution in [2.75, 3.05) is 18.8 Å². The number of anilines is 1. The molecule has 1 aliphatic heterocycles. The third kappa shape index (κ3) is 2.84. The number of amides is 1. The van der Waals surface area contributed by atoms with Gasteiger partial charge in [0, 0.05) is 18.8 Å². The number of carbonyl (C=O) groups excluding carboxylic acids is 1. The number of nitrogens with two attached hydrogens (primary N) is 1. The molecule has 0 aromatic heterocycles. The lowest BCUT2D eigenvalue weighted by molar-refractivity contribution is 0.0725. The van der Waals surface area contributed by atoms with Crippen LogP contribution in [-0.4, -0.2) is 23.9 Å². The van der Waals surface area contributed by atoms with Crippen LogP contribution in [0.15, 0.2) is 18.2 Å². The summed E-state index contributed by atoms with van der Waals surface area (Å²) in [6, 6.07) is 5.86. The average molecular weight is 246 g/mol. The van der Waals surface area contributed by atoms with Gasteiger partial charge in [-0.2, -0.15) is 0 Å². The summed E-state index contributed by atoms with van der Waals surface area (Å²) in [7, 11) is 0. The van der Waals surface area contributed by atoms with E-state index in [9.17, 15) is 4.79 Å². The van der Waals surface area contributed by atoms with Crippen LogP contribution in [0.1, 0.15) is 48.5 Å². The maximum Gasteiger partial charge on any atom is 0.255 e. The van der Waals surface area contributed by atoms with E-state index in [1.54, 1.807) is 0 Å². The van der Waals surface area contributed by atoms with Gasteiger partial charge < -0.3 is 10.6 Å². The van der Waals surface area contributed by atoms with E-state index in [2.05, 4.69) is 6.92 Å². The second-order valence-corrected chi connectivity index (χ2v) is 5.02. The predicted molar refractivity (Wildman–Crippen MR) is 74.6 cm³/mol. The highest BCUT2D eigenvalue weighted by Crippen LogP contribution is 2.19. The zero-order chi connectivity index (χ0) is 13.0. The number of piperidine rings is 1. The number of carbonyl (C=O) groups is 1. The third-order valence-corrected chi connectivity index (χ3v) is 3.53. The molecule has 2 rings (SSSR count). The van der Waals surface area contributed by atoms with Gasteiger partial charge in [0.1, 0.15) is 0 Å². The Morgan fingerprint density at radius 2 is 2.00 bits per heavy atom. The molecule has 1 fully saturated rings.